The number of alkyl carbamates (subject to hydrolysis) is 1. The Morgan fingerprint density at radius 3 is 2.14 bits per heavy atom. The number of nitriles is 1. The number of nitrogens with zero attached hydrogens (tertiary/aromatic N) is 1. The summed E-state index contributed by atoms with van der Waals surface area (Å²) in [6.45, 7) is 9.12. The number of allylic oxidation sites excluding steroid dienone is 1. The molecule has 0 fully saturated rings. The van der Waals surface area contributed by atoms with Crippen LogP contribution < -0.4 is 10.6 Å². The number of nitrogens with one attached hydrogen (secondary N) is 2. The maximum Gasteiger partial charge on any atom is 0.407 e. The standard InChI is InChI=1S/C20H27N3O5S/c1-19(2,3)28-18(25)23-13-12-22-17(24)20(4,5)15-7-9-16(10-8-15)29(26,27)14-6-11-21/h6-10,14H,12-13H2,1-5H3,(H,22,24)(H,23,25)/b14-6+. The van der Waals surface area contributed by atoms with E-state index in [0.29, 0.717) is 5.56 Å². The van der Waals surface area contributed by atoms with Crippen LogP contribution in [0.5, 0.6) is 0 Å². The van der Waals surface area contributed by atoms with E-state index in [2.05, 4.69) is 10.6 Å². The highest BCUT2D eigenvalue weighted by Crippen LogP contribution is 2.25. The first kappa shape index (κ1) is 24.2. The zero-order chi connectivity index (χ0) is 22.3. The molecule has 0 radical (unpaired) electrons. The number of hydrogen-bond acceptors (Lipinski definition) is 6. The Labute approximate surface area is 171 Å². The van der Waals surface area contributed by atoms with Gasteiger partial charge in [-0.3, -0.25) is 4.79 Å². The number of carbonyl (C=O) groups excluding carboxylic acids is 2. The number of amides is 2. The predicted molar refractivity (Wildman–Crippen MR) is 109 cm³/mol. The van der Waals surface area contributed by atoms with Crippen molar-refractivity contribution in [2.24, 2.45) is 0 Å². The normalized spacial score (nSPS) is 12.3. The second-order valence-corrected chi connectivity index (χ2v) is 9.64. The molecule has 0 spiro atoms. The highest BCUT2D eigenvalue weighted by Gasteiger charge is 2.29. The van der Waals surface area contributed by atoms with E-state index >= 15 is 0 Å². The third-order valence-electron chi connectivity index (χ3n) is 3.87. The molecule has 9 heteroatoms. The van der Waals surface area contributed by atoms with Crippen LogP contribution in [0.3, 0.4) is 0 Å². The second kappa shape index (κ2) is 9.56. The molecule has 0 aromatic heterocycles. The molecule has 8 nitrogen and oxygen atoms in total. The van der Waals surface area contributed by atoms with Crippen LogP contribution in [0, 0.1) is 11.3 Å². The third kappa shape index (κ3) is 7.58. The summed E-state index contributed by atoms with van der Waals surface area (Å²) >= 11 is 0. The van der Waals surface area contributed by atoms with Crippen molar-refractivity contribution in [1.29, 1.82) is 5.26 Å². The Hall–Kier alpha value is -2.86. The van der Waals surface area contributed by atoms with Gasteiger partial charge in [0.15, 0.2) is 0 Å². The lowest BCUT2D eigenvalue weighted by Gasteiger charge is -2.24. The van der Waals surface area contributed by atoms with E-state index in [4.69, 9.17) is 10.00 Å². The minimum atomic E-state index is -3.70. The minimum Gasteiger partial charge on any atom is -0.444 e. The van der Waals surface area contributed by atoms with E-state index < -0.39 is 26.9 Å². The van der Waals surface area contributed by atoms with Gasteiger partial charge in [0.05, 0.1) is 16.4 Å². The van der Waals surface area contributed by atoms with Crippen LogP contribution in [-0.2, 0) is 24.8 Å². The van der Waals surface area contributed by atoms with Crippen molar-refractivity contribution in [1.82, 2.24) is 10.6 Å². The fourth-order valence-electron chi connectivity index (χ4n) is 2.27. The molecule has 2 N–H and O–H groups in total. The van der Waals surface area contributed by atoms with Crippen LogP contribution in [0.4, 0.5) is 4.79 Å². The first-order valence-electron chi connectivity index (χ1n) is 8.96. The van der Waals surface area contributed by atoms with E-state index in [0.717, 1.165) is 11.5 Å². The van der Waals surface area contributed by atoms with Gasteiger partial charge in [-0.2, -0.15) is 5.26 Å². The Morgan fingerprint density at radius 2 is 1.62 bits per heavy atom. The van der Waals surface area contributed by atoms with E-state index in [1.807, 2.05) is 0 Å². The molecule has 0 aliphatic heterocycles. The topological polar surface area (TPSA) is 125 Å². The molecule has 0 saturated heterocycles. The van der Waals surface area contributed by atoms with E-state index in [1.165, 1.54) is 12.1 Å². The lowest BCUT2D eigenvalue weighted by molar-refractivity contribution is -0.125. The molecule has 158 valence electrons. The predicted octanol–water partition coefficient (Wildman–Crippen LogP) is 2.42. The van der Waals surface area contributed by atoms with Crippen LogP contribution in [0.1, 0.15) is 40.2 Å². The molecule has 1 aromatic carbocycles. The summed E-state index contributed by atoms with van der Waals surface area (Å²) in [5.74, 6) is -0.275. The molecule has 0 bridgehead atoms. The van der Waals surface area contributed by atoms with Crippen molar-refractivity contribution in [3.8, 4) is 6.07 Å². The van der Waals surface area contributed by atoms with Crippen LogP contribution in [0.25, 0.3) is 0 Å². The molecule has 1 aromatic rings. The maximum absolute atomic E-state index is 12.5. The highest BCUT2D eigenvalue weighted by atomic mass is 32.2. The summed E-state index contributed by atoms with van der Waals surface area (Å²) in [6.07, 6.45) is 0.333. The molecule has 0 saturated carbocycles. The van der Waals surface area contributed by atoms with Gasteiger partial charge < -0.3 is 15.4 Å². The summed E-state index contributed by atoms with van der Waals surface area (Å²) in [5, 5.41) is 14.6. The number of rotatable bonds is 7. The molecule has 29 heavy (non-hydrogen) atoms. The molecular formula is C20H27N3O5S. The zero-order valence-electron chi connectivity index (χ0n) is 17.3. The fourth-order valence-corrected chi connectivity index (χ4v) is 3.18. The molecular weight excluding hydrogens is 394 g/mol. The third-order valence-corrected chi connectivity index (χ3v) is 5.30. The molecule has 1 rings (SSSR count). The van der Waals surface area contributed by atoms with Gasteiger partial charge >= 0.3 is 6.09 Å². The number of sulfone groups is 1. The molecule has 0 aliphatic carbocycles. The highest BCUT2D eigenvalue weighted by molar-refractivity contribution is 7.94. The average molecular weight is 422 g/mol. The Bertz CT molecular complexity index is 905. The SMILES string of the molecule is CC(C)(C)OC(=O)NCCNC(=O)C(C)(C)c1ccc(S(=O)(=O)/C=C/C#N)cc1. The first-order chi connectivity index (χ1) is 13.3. The maximum atomic E-state index is 12.5. The van der Waals surface area contributed by atoms with E-state index in [9.17, 15) is 18.0 Å². The summed E-state index contributed by atoms with van der Waals surface area (Å²) < 4.78 is 29.2. The summed E-state index contributed by atoms with van der Waals surface area (Å²) in [5.41, 5.74) is -0.894. The van der Waals surface area contributed by atoms with Crippen molar-refractivity contribution < 1.29 is 22.7 Å². The Morgan fingerprint density at radius 1 is 1.07 bits per heavy atom. The number of carbonyl (C=O) groups is 2. The molecule has 2 amide bonds. The lowest BCUT2D eigenvalue weighted by Crippen LogP contribution is -2.44. The second-order valence-electron chi connectivity index (χ2n) is 7.81. The van der Waals surface area contributed by atoms with Crippen LogP contribution in [0.15, 0.2) is 40.6 Å². The lowest BCUT2D eigenvalue weighted by atomic mass is 9.84. The molecule has 0 heterocycles. The van der Waals surface area contributed by atoms with E-state index in [-0.39, 0.29) is 23.9 Å². The van der Waals surface area contributed by atoms with Crippen molar-refractivity contribution >= 4 is 21.8 Å². The number of hydrogen-bond donors (Lipinski definition) is 2. The van der Waals surface area contributed by atoms with E-state index in [1.54, 1.807) is 52.8 Å². The van der Waals surface area contributed by atoms with Gasteiger partial charge in [0, 0.05) is 24.6 Å². The fraction of sp³-hybridized carbons (Fsp3) is 0.450. The summed E-state index contributed by atoms with van der Waals surface area (Å²) in [4.78, 5) is 24.2. The van der Waals surface area contributed by atoms with Gasteiger partial charge in [0.25, 0.3) is 0 Å². The van der Waals surface area contributed by atoms with Crippen LogP contribution in [-0.4, -0.2) is 39.1 Å². The Kier molecular flexibility index (Phi) is 7.97. The van der Waals surface area contributed by atoms with Gasteiger partial charge in [-0.1, -0.05) is 12.1 Å². The number of benzene rings is 1. The molecule has 0 aliphatic rings. The van der Waals surface area contributed by atoms with Crippen molar-refractivity contribution in [2.45, 2.75) is 50.5 Å². The largest absolute Gasteiger partial charge is 0.444 e. The van der Waals surface area contributed by atoms with Crippen molar-refractivity contribution in [2.75, 3.05) is 13.1 Å². The first-order valence-corrected chi connectivity index (χ1v) is 10.5. The van der Waals surface area contributed by atoms with Gasteiger partial charge in [-0.25, -0.2) is 13.2 Å². The zero-order valence-corrected chi connectivity index (χ0v) is 18.1. The van der Waals surface area contributed by atoms with Crippen LogP contribution in [0.2, 0.25) is 0 Å². The molecule has 0 atom stereocenters. The average Bonchev–Trinajstić information content (AvgIpc) is 2.62. The van der Waals surface area contributed by atoms with Crippen molar-refractivity contribution in [3.05, 3.63) is 41.3 Å². The smallest absolute Gasteiger partial charge is 0.407 e. The Balaban J connectivity index is 2.69. The molecule has 0 unspecified atom stereocenters. The van der Waals surface area contributed by atoms with Crippen LogP contribution >= 0.6 is 0 Å². The summed E-state index contributed by atoms with van der Waals surface area (Å²) in [7, 11) is -3.70. The van der Waals surface area contributed by atoms with Crippen molar-refractivity contribution in [3.63, 3.8) is 0 Å². The van der Waals surface area contributed by atoms with Gasteiger partial charge in [0.1, 0.15) is 5.60 Å². The van der Waals surface area contributed by atoms with Gasteiger partial charge in [0.2, 0.25) is 15.7 Å². The minimum absolute atomic E-state index is 0.0329. The quantitative estimate of drug-likeness (QED) is 0.514. The summed E-state index contributed by atoms with van der Waals surface area (Å²) in [6, 6.07) is 7.55. The van der Waals surface area contributed by atoms with Gasteiger partial charge in [-0.05, 0) is 52.3 Å². The van der Waals surface area contributed by atoms with Gasteiger partial charge in [-0.15, -0.1) is 0 Å². The number of ether oxygens (including phenoxy) is 1. The monoisotopic (exact) mass is 421 g/mol.